The highest BCUT2D eigenvalue weighted by Gasteiger charge is 2.07. The minimum absolute atomic E-state index is 0.00912. The van der Waals surface area contributed by atoms with Gasteiger partial charge in [0, 0.05) is 16.1 Å². The number of amides is 2. The SMILES string of the molecule is Cc1cccc(C(=O)NCC(=O)N/N=C/c2cc(Cl)ccc2O)c1. The number of nitrogens with zero attached hydrogens (tertiary/aromatic N) is 1. The van der Waals surface area contributed by atoms with Crippen molar-refractivity contribution in [2.75, 3.05) is 6.54 Å². The van der Waals surface area contributed by atoms with Gasteiger partial charge in [0.25, 0.3) is 11.8 Å². The number of aryl methyl sites for hydroxylation is 1. The maximum absolute atomic E-state index is 11.9. The van der Waals surface area contributed by atoms with Gasteiger partial charge < -0.3 is 10.4 Å². The number of carbonyl (C=O) groups excluding carboxylic acids is 2. The number of hydrazone groups is 1. The number of hydrogen-bond acceptors (Lipinski definition) is 4. The van der Waals surface area contributed by atoms with Crippen LogP contribution in [0.4, 0.5) is 0 Å². The van der Waals surface area contributed by atoms with E-state index in [1.54, 1.807) is 18.2 Å². The Kier molecular flexibility index (Phi) is 5.92. The fraction of sp³-hybridized carbons (Fsp3) is 0.118. The molecule has 0 heterocycles. The molecule has 0 fully saturated rings. The zero-order valence-electron chi connectivity index (χ0n) is 12.9. The highest BCUT2D eigenvalue weighted by atomic mass is 35.5. The molecule has 0 aliphatic rings. The van der Waals surface area contributed by atoms with Crippen LogP contribution in [0.3, 0.4) is 0 Å². The topological polar surface area (TPSA) is 90.8 Å². The molecule has 24 heavy (non-hydrogen) atoms. The van der Waals surface area contributed by atoms with Gasteiger partial charge in [-0.3, -0.25) is 9.59 Å². The van der Waals surface area contributed by atoms with E-state index in [1.165, 1.54) is 24.4 Å². The maximum Gasteiger partial charge on any atom is 0.259 e. The summed E-state index contributed by atoms with van der Waals surface area (Å²) < 4.78 is 0. The highest BCUT2D eigenvalue weighted by Crippen LogP contribution is 2.19. The summed E-state index contributed by atoms with van der Waals surface area (Å²) in [4.78, 5) is 23.6. The summed E-state index contributed by atoms with van der Waals surface area (Å²) >= 11 is 5.80. The highest BCUT2D eigenvalue weighted by molar-refractivity contribution is 6.30. The van der Waals surface area contributed by atoms with Crippen LogP contribution in [0.1, 0.15) is 21.5 Å². The Bertz CT molecular complexity index is 790. The Labute approximate surface area is 144 Å². The molecule has 0 atom stereocenters. The lowest BCUT2D eigenvalue weighted by molar-refractivity contribution is -0.120. The second kappa shape index (κ2) is 8.12. The number of phenols is 1. The van der Waals surface area contributed by atoms with Gasteiger partial charge >= 0.3 is 0 Å². The molecule has 0 unspecified atom stereocenters. The van der Waals surface area contributed by atoms with E-state index in [0.717, 1.165) is 5.56 Å². The van der Waals surface area contributed by atoms with Crippen LogP contribution in [0.25, 0.3) is 0 Å². The largest absolute Gasteiger partial charge is 0.507 e. The van der Waals surface area contributed by atoms with Crippen molar-refractivity contribution in [3.8, 4) is 5.75 Å². The standard InChI is InChI=1S/C17H16ClN3O3/c1-11-3-2-4-12(7-11)17(24)19-10-16(23)21-20-9-13-8-14(18)5-6-15(13)22/h2-9,22H,10H2,1H3,(H,19,24)(H,21,23)/b20-9+. The molecule has 6 nitrogen and oxygen atoms in total. The first-order valence-electron chi connectivity index (χ1n) is 7.11. The zero-order chi connectivity index (χ0) is 17.5. The van der Waals surface area contributed by atoms with Gasteiger partial charge in [0.1, 0.15) is 5.75 Å². The second-order valence-corrected chi connectivity index (χ2v) is 5.48. The van der Waals surface area contributed by atoms with E-state index >= 15 is 0 Å². The molecule has 2 amide bonds. The number of aromatic hydroxyl groups is 1. The number of carbonyl (C=O) groups is 2. The molecule has 0 radical (unpaired) electrons. The predicted octanol–water partition coefficient (Wildman–Crippen LogP) is 2.23. The Morgan fingerprint density at radius 1 is 1.25 bits per heavy atom. The van der Waals surface area contributed by atoms with Crippen molar-refractivity contribution >= 4 is 29.6 Å². The molecule has 0 saturated heterocycles. The number of rotatable bonds is 5. The van der Waals surface area contributed by atoms with Gasteiger partial charge in [-0.05, 0) is 37.3 Å². The van der Waals surface area contributed by atoms with Crippen molar-refractivity contribution in [2.24, 2.45) is 5.10 Å². The maximum atomic E-state index is 11.9. The Morgan fingerprint density at radius 3 is 2.79 bits per heavy atom. The predicted molar refractivity (Wildman–Crippen MR) is 92.4 cm³/mol. The molecule has 124 valence electrons. The molecular formula is C17H16ClN3O3. The van der Waals surface area contributed by atoms with Crippen molar-refractivity contribution in [3.05, 3.63) is 64.2 Å². The van der Waals surface area contributed by atoms with Crippen LogP contribution in [-0.2, 0) is 4.79 Å². The van der Waals surface area contributed by atoms with Gasteiger partial charge in [0.05, 0.1) is 12.8 Å². The fourth-order valence-corrected chi connectivity index (χ4v) is 2.07. The van der Waals surface area contributed by atoms with E-state index in [2.05, 4.69) is 15.8 Å². The third kappa shape index (κ3) is 5.10. The molecule has 3 N–H and O–H groups in total. The number of benzene rings is 2. The minimum Gasteiger partial charge on any atom is -0.507 e. The molecule has 7 heteroatoms. The third-order valence-electron chi connectivity index (χ3n) is 3.07. The molecule has 0 aromatic heterocycles. The van der Waals surface area contributed by atoms with E-state index in [-0.39, 0.29) is 18.2 Å². The van der Waals surface area contributed by atoms with Crippen LogP contribution < -0.4 is 10.7 Å². The molecule has 2 aromatic rings. The lowest BCUT2D eigenvalue weighted by atomic mass is 10.1. The number of phenolic OH excluding ortho intramolecular Hbond substituents is 1. The summed E-state index contributed by atoms with van der Waals surface area (Å²) in [5.74, 6) is -0.843. The summed E-state index contributed by atoms with van der Waals surface area (Å²) in [6.07, 6.45) is 1.27. The van der Waals surface area contributed by atoms with Crippen molar-refractivity contribution in [1.82, 2.24) is 10.7 Å². The molecule has 0 aliphatic carbocycles. The molecule has 0 bridgehead atoms. The van der Waals surface area contributed by atoms with Gasteiger partial charge in [-0.25, -0.2) is 5.43 Å². The van der Waals surface area contributed by atoms with Crippen LogP contribution in [-0.4, -0.2) is 29.7 Å². The van der Waals surface area contributed by atoms with E-state index in [9.17, 15) is 14.7 Å². The number of nitrogens with one attached hydrogen (secondary N) is 2. The number of hydrogen-bond donors (Lipinski definition) is 3. The summed E-state index contributed by atoms with van der Waals surface area (Å²) in [5.41, 5.74) is 4.06. The van der Waals surface area contributed by atoms with Crippen molar-refractivity contribution in [2.45, 2.75) is 6.92 Å². The quantitative estimate of drug-likeness (QED) is 0.573. The summed E-state index contributed by atoms with van der Waals surface area (Å²) in [7, 11) is 0. The van der Waals surface area contributed by atoms with E-state index < -0.39 is 5.91 Å². The van der Waals surface area contributed by atoms with E-state index in [1.807, 2.05) is 13.0 Å². The first-order valence-corrected chi connectivity index (χ1v) is 7.49. The minimum atomic E-state index is -0.492. The van der Waals surface area contributed by atoms with E-state index in [4.69, 9.17) is 11.6 Å². The Balaban J connectivity index is 1.84. The average Bonchev–Trinajstić information content (AvgIpc) is 2.56. The van der Waals surface area contributed by atoms with Crippen molar-refractivity contribution < 1.29 is 14.7 Å². The number of halogens is 1. The zero-order valence-corrected chi connectivity index (χ0v) is 13.7. The monoisotopic (exact) mass is 345 g/mol. The van der Waals surface area contributed by atoms with Gasteiger partial charge in [0.2, 0.25) is 0 Å². The van der Waals surface area contributed by atoms with E-state index in [0.29, 0.717) is 16.1 Å². The Morgan fingerprint density at radius 2 is 2.04 bits per heavy atom. The van der Waals surface area contributed by atoms with Crippen molar-refractivity contribution in [3.63, 3.8) is 0 Å². The van der Waals surface area contributed by atoms with Crippen LogP contribution in [0.15, 0.2) is 47.6 Å². The summed E-state index contributed by atoms with van der Waals surface area (Å²) in [6.45, 7) is 1.66. The molecule has 0 saturated carbocycles. The second-order valence-electron chi connectivity index (χ2n) is 5.05. The summed E-state index contributed by atoms with van der Waals surface area (Å²) in [5, 5.41) is 16.3. The molecule has 0 spiro atoms. The van der Waals surface area contributed by atoms with Crippen LogP contribution in [0, 0.1) is 6.92 Å². The van der Waals surface area contributed by atoms with Crippen LogP contribution in [0.2, 0.25) is 5.02 Å². The first-order chi connectivity index (χ1) is 11.5. The van der Waals surface area contributed by atoms with Crippen LogP contribution in [0.5, 0.6) is 5.75 Å². The first kappa shape index (κ1) is 17.5. The fourth-order valence-electron chi connectivity index (χ4n) is 1.89. The lowest BCUT2D eigenvalue weighted by Gasteiger charge is -2.05. The van der Waals surface area contributed by atoms with Gasteiger partial charge in [-0.1, -0.05) is 29.3 Å². The van der Waals surface area contributed by atoms with Crippen molar-refractivity contribution in [1.29, 1.82) is 0 Å². The third-order valence-corrected chi connectivity index (χ3v) is 3.31. The van der Waals surface area contributed by atoms with Gasteiger partial charge in [-0.15, -0.1) is 0 Å². The molecule has 2 aromatic carbocycles. The molecule has 0 aliphatic heterocycles. The Hall–Kier alpha value is -2.86. The molecule has 2 rings (SSSR count). The summed E-state index contributed by atoms with van der Waals surface area (Å²) in [6, 6.07) is 11.5. The lowest BCUT2D eigenvalue weighted by Crippen LogP contribution is -2.34. The normalized spacial score (nSPS) is 10.6. The molecular weight excluding hydrogens is 330 g/mol. The van der Waals surface area contributed by atoms with Crippen LogP contribution >= 0.6 is 11.6 Å². The smallest absolute Gasteiger partial charge is 0.259 e. The average molecular weight is 346 g/mol. The van der Waals surface area contributed by atoms with Gasteiger partial charge in [-0.2, -0.15) is 5.10 Å². The van der Waals surface area contributed by atoms with Gasteiger partial charge in [0.15, 0.2) is 0 Å².